The van der Waals surface area contributed by atoms with E-state index < -0.39 is 29.6 Å². The molecule has 2 aromatic carbocycles. The second kappa shape index (κ2) is 11.6. The molecule has 1 spiro atoms. The number of amides is 3. The Balaban J connectivity index is 1.28. The van der Waals surface area contributed by atoms with Crippen LogP contribution in [0.15, 0.2) is 60.7 Å². The Labute approximate surface area is 255 Å². The summed E-state index contributed by atoms with van der Waals surface area (Å²) < 4.78 is 6.55. The van der Waals surface area contributed by atoms with Crippen LogP contribution in [0.2, 0.25) is 0 Å². The second-order valence-corrected chi connectivity index (χ2v) is 13.6. The Morgan fingerprint density at radius 1 is 1.02 bits per heavy atom. The second-order valence-electron chi connectivity index (χ2n) is 13.6. The van der Waals surface area contributed by atoms with Crippen LogP contribution in [0.25, 0.3) is 0 Å². The fourth-order valence-corrected chi connectivity index (χ4v) is 7.74. The SMILES string of the molecule is Cc1ccc(CCN2C(=O)[C@H]3C(C(=O)Nc4ccc(C(C)C)cc4)[C@H]4C=CC3(O4)C2C(=O)NC2CCCC(C)C2C)cc1. The molecule has 2 N–H and O–H groups in total. The summed E-state index contributed by atoms with van der Waals surface area (Å²) in [5.41, 5.74) is 2.99. The van der Waals surface area contributed by atoms with Gasteiger partial charge in [0.25, 0.3) is 0 Å². The maximum Gasteiger partial charge on any atom is 0.246 e. The van der Waals surface area contributed by atoms with Gasteiger partial charge in [-0.3, -0.25) is 14.4 Å². The van der Waals surface area contributed by atoms with Crippen LogP contribution in [0.3, 0.4) is 0 Å². The molecule has 1 saturated carbocycles. The maximum absolute atomic E-state index is 14.3. The molecule has 1 aliphatic carbocycles. The molecule has 6 rings (SSSR count). The van der Waals surface area contributed by atoms with Crippen LogP contribution in [0, 0.1) is 30.6 Å². The van der Waals surface area contributed by atoms with Gasteiger partial charge in [0, 0.05) is 18.3 Å². The van der Waals surface area contributed by atoms with Gasteiger partial charge in [-0.1, -0.05) is 94.7 Å². The van der Waals surface area contributed by atoms with Crippen molar-refractivity contribution in [3.8, 4) is 0 Å². The third kappa shape index (κ3) is 5.30. The number of rotatable bonds is 8. The summed E-state index contributed by atoms with van der Waals surface area (Å²) in [6.07, 6.45) is 7.00. The van der Waals surface area contributed by atoms with Crippen LogP contribution in [0.5, 0.6) is 0 Å². The van der Waals surface area contributed by atoms with Gasteiger partial charge >= 0.3 is 0 Å². The molecule has 2 aromatic rings. The first-order valence-electron chi connectivity index (χ1n) is 16.0. The lowest BCUT2D eigenvalue weighted by molar-refractivity contribution is -0.141. The number of aryl methyl sites for hydroxylation is 1. The number of hydrogen-bond acceptors (Lipinski definition) is 4. The lowest BCUT2D eigenvalue weighted by Crippen LogP contribution is -2.58. The first-order chi connectivity index (χ1) is 20.6. The molecule has 4 aliphatic rings. The minimum atomic E-state index is -1.16. The predicted molar refractivity (Wildman–Crippen MR) is 167 cm³/mol. The summed E-state index contributed by atoms with van der Waals surface area (Å²) in [7, 11) is 0. The number of fused-ring (bicyclic) bond motifs is 1. The Morgan fingerprint density at radius 3 is 2.44 bits per heavy atom. The zero-order valence-corrected chi connectivity index (χ0v) is 26.0. The molecule has 6 unspecified atom stereocenters. The topological polar surface area (TPSA) is 87.7 Å². The third-order valence-electron chi connectivity index (χ3n) is 10.6. The zero-order chi connectivity index (χ0) is 30.5. The molecule has 2 saturated heterocycles. The third-order valence-corrected chi connectivity index (χ3v) is 10.6. The van der Waals surface area contributed by atoms with Crippen molar-refractivity contribution in [2.45, 2.75) is 90.0 Å². The molecule has 0 radical (unpaired) electrons. The fraction of sp³-hybridized carbons (Fsp3) is 0.528. The Hall–Kier alpha value is -3.45. The van der Waals surface area contributed by atoms with E-state index in [0.29, 0.717) is 36.4 Å². The van der Waals surface area contributed by atoms with Crippen molar-refractivity contribution >= 4 is 23.4 Å². The van der Waals surface area contributed by atoms with Crippen molar-refractivity contribution in [3.63, 3.8) is 0 Å². The van der Waals surface area contributed by atoms with Gasteiger partial charge in [-0.15, -0.1) is 0 Å². The van der Waals surface area contributed by atoms with Gasteiger partial charge in [0.05, 0.1) is 17.9 Å². The number of likely N-dealkylation sites (tertiary alicyclic amines) is 1. The van der Waals surface area contributed by atoms with E-state index in [2.05, 4.69) is 62.6 Å². The summed E-state index contributed by atoms with van der Waals surface area (Å²) >= 11 is 0. The number of benzene rings is 2. The zero-order valence-electron chi connectivity index (χ0n) is 26.0. The quantitative estimate of drug-likeness (QED) is 0.408. The van der Waals surface area contributed by atoms with Crippen LogP contribution < -0.4 is 10.6 Å². The molecule has 0 aromatic heterocycles. The minimum Gasteiger partial charge on any atom is -0.359 e. The normalized spacial score (nSPS) is 32.7. The first kappa shape index (κ1) is 29.6. The Kier molecular flexibility index (Phi) is 7.97. The standard InChI is InChI=1S/C36H45N3O4/c1-21(2)26-13-15-27(16-14-26)37-33(40)30-29-17-19-36(43-29)31(30)35(42)39(20-18-25-11-9-22(3)10-12-25)32(36)34(41)38-28-8-6-7-23(4)24(28)5/h9-17,19,21,23-24,28-32H,6-8,18,20H2,1-5H3,(H,37,40)(H,38,41)/t23?,24?,28?,29-,30?,31-,32?,36?/m1/s1. The summed E-state index contributed by atoms with van der Waals surface area (Å²) in [5.74, 6) is -0.819. The van der Waals surface area contributed by atoms with Crippen molar-refractivity contribution in [1.29, 1.82) is 0 Å². The maximum atomic E-state index is 14.3. The first-order valence-corrected chi connectivity index (χ1v) is 16.0. The van der Waals surface area contributed by atoms with E-state index in [4.69, 9.17) is 4.74 Å². The van der Waals surface area contributed by atoms with E-state index in [-0.39, 0.29) is 23.8 Å². The van der Waals surface area contributed by atoms with E-state index in [1.54, 1.807) is 4.90 Å². The summed E-state index contributed by atoms with van der Waals surface area (Å²) in [4.78, 5) is 44.0. The van der Waals surface area contributed by atoms with Crippen molar-refractivity contribution < 1.29 is 19.1 Å². The van der Waals surface area contributed by atoms with Crippen molar-refractivity contribution in [2.75, 3.05) is 11.9 Å². The van der Waals surface area contributed by atoms with Gasteiger partial charge in [-0.2, -0.15) is 0 Å². The molecule has 3 amide bonds. The smallest absolute Gasteiger partial charge is 0.246 e. The van der Waals surface area contributed by atoms with Crippen molar-refractivity contribution in [3.05, 3.63) is 77.4 Å². The molecular formula is C36H45N3O4. The summed E-state index contributed by atoms with van der Waals surface area (Å²) in [6, 6.07) is 15.3. The Morgan fingerprint density at radius 2 is 1.74 bits per heavy atom. The molecule has 3 aliphatic heterocycles. The van der Waals surface area contributed by atoms with E-state index in [9.17, 15) is 14.4 Å². The summed E-state index contributed by atoms with van der Waals surface area (Å²) in [6.45, 7) is 11.1. The van der Waals surface area contributed by atoms with Crippen LogP contribution in [0.4, 0.5) is 5.69 Å². The summed E-state index contributed by atoms with van der Waals surface area (Å²) in [5, 5.41) is 6.38. The molecule has 228 valence electrons. The van der Waals surface area contributed by atoms with Gasteiger partial charge in [-0.25, -0.2) is 0 Å². The number of nitrogens with zero attached hydrogens (tertiary/aromatic N) is 1. The van der Waals surface area contributed by atoms with Crippen LogP contribution in [0.1, 0.15) is 69.6 Å². The fourth-order valence-electron chi connectivity index (χ4n) is 7.74. The number of carbonyl (C=O) groups is 3. The highest BCUT2D eigenvalue weighted by Crippen LogP contribution is 2.55. The largest absolute Gasteiger partial charge is 0.359 e. The predicted octanol–water partition coefficient (Wildman–Crippen LogP) is 5.39. The monoisotopic (exact) mass is 583 g/mol. The molecule has 2 bridgehead atoms. The number of nitrogens with one attached hydrogen (secondary N) is 2. The molecular weight excluding hydrogens is 538 g/mol. The highest BCUT2D eigenvalue weighted by Gasteiger charge is 2.72. The van der Waals surface area contributed by atoms with Gasteiger partial charge in [0.1, 0.15) is 11.6 Å². The number of hydrogen-bond donors (Lipinski definition) is 2. The highest BCUT2D eigenvalue weighted by atomic mass is 16.5. The number of ether oxygens (including phenoxy) is 1. The molecule has 7 nitrogen and oxygen atoms in total. The van der Waals surface area contributed by atoms with Crippen LogP contribution in [-0.2, 0) is 25.5 Å². The minimum absolute atomic E-state index is 0.0521. The van der Waals surface area contributed by atoms with E-state index in [0.717, 1.165) is 24.8 Å². The molecule has 8 atom stereocenters. The number of anilines is 1. The Bertz CT molecular complexity index is 1400. The molecule has 3 fully saturated rings. The van der Waals surface area contributed by atoms with Gasteiger partial charge in [-0.05, 0) is 60.8 Å². The average Bonchev–Trinajstić information content (AvgIpc) is 3.62. The van der Waals surface area contributed by atoms with E-state index >= 15 is 0 Å². The van der Waals surface area contributed by atoms with Crippen LogP contribution in [-0.4, -0.2) is 53.0 Å². The molecule has 43 heavy (non-hydrogen) atoms. The highest BCUT2D eigenvalue weighted by molar-refractivity contribution is 6.02. The molecule has 3 heterocycles. The average molecular weight is 584 g/mol. The van der Waals surface area contributed by atoms with Gasteiger partial charge in [0.15, 0.2) is 0 Å². The number of carbonyl (C=O) groups excluding carboxylic acids is 3. The lowest BCUT2D eigenvalue weighted by atomic mass is 9.73. The lowest BCUT2D eigenvalue weighted by Gasteiger charge is -2.38. The van der Waals surface area contributed by atoms with Gasteiger partial charge in [0.2, 0.25) is 17.7 Å². The molecule has 7 heteroatoms. The van der Waals surface area contributed by atoms with Gasteiger partial charge < -0.3 is 20.3 Å². The van der Waals surface area contributed by atoms with E-state index in [1.807, 2.05) is 43.3 Å². The van der Waals surface area contributed by atoms with Crippen molar-refractivity contribution in [1.82, 2.24) is 10.2 Å². The van der Waals surface area contributed by atoms with Crippen molar-refractivity contribution in [2.24, 2.45) is 23.7 Å². The van der Waals surface area contributed by atoms with E-state index in [1.165, 1.54) is 11.1 Å². The van der Waals surface area contributed by atoms with Crippen LogP contribution >= 0.6 is 0 Å².